The number of carbonyl (C=O) groups is 1. The van der Waals surface area contributed by atoms with E-state index in [1.165, 1.54) is 0 Å². The fraction of sp³-hybridized carbons (Fsp3) is 0.889. The Morgan fingerprint density at radius 1 is 1.64 bits per heavy atom. The molecule has 2 atom stereocenters. The Morgan fingerprint density at radius 3 is 3.27 bits per heavy atom. The maximum atomic E-state index is 11.3. The molecule has 2 rings (SSSR count). The van der Waals surface area contributed by atoms with Crippen LogP contribution in [0.3, 0.4) is 0 Å². The first-order chi connectivity index (χ1) is 5.20. The highest BCUT2D eigenvalue weighted by molar-refractivity contribution is 5.84. The Bertz CT molecular complexity index is 188. The Kier molecular flexibility index (Phi) is 1.53. The van der Waals surface area contributed by atoms with Gasteiger partial charge in [0.1, 0.15) is 5.78 Å². The number of Topliss-reactive ketones (excluding diaryl/α,β-unsaturated/α-hetero) is 1. The van der Waals surface area contributed by atoms with Gasteiger partial charge in [0.2, 0.25) is 0 Å². The number of hydrogen-bond acceptors (Lipinski definition) is 2. The van der Waals surface area contributed by atoms with Crippen molar-refractivity contribution in [3.05, 3.63) is 0 Å². The van der Waals surface area contributed by atoms with Gasteiger partial charge in [-0.1, -0.05) is 6.92 Å². The molecular formula is C9H14O2. The van der Waals surface area contributed by atoms with E-state index in [4.69, 9.17) is 4.74 Å². The topological polar surface area (TPSA) is 26.3 Å². The number of rotatable bonds is 0. The molecule has 62 valence electrons. The smallest absolute Gasteiger partial charge is 0.138 e. The number of ketones is 1. The van der Waals surface area contributed by atoms with Crippen molar-refractivity contribution >= 4 is 5.78 Å². The number of hydrogen-bond donors (Lipinski definition) is 0. The van der Waals surface area contributed by atoms with Crippen molar-refractivity contribution in [2.24, 2.45) is 11.3 Å². The normalized spacial score (nSPS) is 44.1. The molecule has 2 fully saturated rings. The summed E-state index contributed by atoms with van der Waals surface area (Å²) in [6.45, 7) is 3.73. The highest BCUT2D eigenvalue weighted by Gasteiger charge is 2.42. The van der Waals surface area contributed by atoms with Gasteiger partial charge in [0.05, 0.1) is 6.61 Å². The predicted octanol–water partition coefficient (Wildman–Crippen LogP) is 1.39. The van der Waals surface area contributed by atoms with Gasteiger partial charge in [0.25, 0.3) is 0 Å². The summed E-state index contributed by atoms with van der Waals surface area (Å²) in [4.78, 5) is 11.3. The molecule has 2 unspecified atom stereocenters. The van der Waals surface area contributed by atoms with Crippen LogP contribution in [0.15, 0.2) is 0 Å². The van der Waals surface area contributed by atoms with Crippen LogP contribution in [-0.4, -0.2) is 19.0 Å². The van der Waals surface area contributed by atoms with Gasteiger partial charge in [-0.15, -0.1) is 0 Å². The van der Waals surface area contributed by atoms with Gasteiger partial charge in [-0.2, -0.15) is 0 Å². The molecule has 2 aliphatic rings. The van der Waals surface area contributed by atoms with E-state index in [2.05, 4.69) is 6.92 Å². The summed E-state index contributed by atoms with van der Waals surface area (Å²) < 4.78 is 5.34. The van der Waals surface area contributed by atoms with Crippen LogP contribution in [0, 0.1) is 11.3 Å². The van der Waals surface area contributed by atoms with Gasteiger partial charge in [-0.05, 0) is 18.3 Å². The lowest BCUT2D eigenvalue weighted by Gasteiger charge is -2.20. The standard InChI is InChI=1S/C9H14O2/c1-9-2-3-11-6-7(4-9)8(10)5-9/h7H,2-6H2,1H3. The summed E-state index contributed by atoms with van der Waals surface area (Å²) in [5, 5.41) is 0. The van der Waals surface area contributed by atoms with Crippen molar-refractivity contribution in [1.82, 2.24) is 0 Å². The first-order valence-electron chi connectivity index (χ1n) is 4.30. The molecule has 0 radical (unpaired) electrons. The Hall–Kier alpha value is -0.370. The zero-order valence-electron chi connectivity index (χ0n) is 6.93. The van der Waals surface area contributed by atoms with Crippen LogP contribution in [0.4, 0.5) is 0 Å². The average Bonchev–Trinajstić information content (AvgIpc) is 2.16. The molecule has 1 aliphatic heterocycles. The lowest BCUT2D eigenvalue weighted by Crippen LogP contribution is -2.16. The van der Waals surface area contributed by atoms with Crippen molar-refractivity contribution < 1.29 is 9.53 Å². The van der Waals surface area contributed by atoms with E-state index in [0.29, 0.717) is 12.4 Å². The minimum atomic E-state index is 0.225. The summed E-state index contributed by atoms with van der Waals surface area (Å²) in [5.74, 6) is 0.648. The second kappa shape index (κ2) is 2.31. The average molecular weight is 154 g/mol. The van der Waals surface area contributed by atoms with E-state index in [9.17, 15) is 4.79 Å². The second-order valence-electron chi connectivity index (χ2n) is 4.18. The summed E-state index contributed by atoms with van der Waals surface area (Å²) in [6, 6.07) is 0. The van der Waals surface area contributed by atoms with Crippen LogP contribution in [0.25, 0.3) is 0 Å². The third-order valence-corrected chi connectivity index (χ3v) is 2.96. The Labute approximate surface area is 66.9 Å². The zero-order chi connectivity index (χ0) is 7.90. The van der Waals surface area contributed by atoms with Crippen molar-refractivity contribution in [3.8, 4) is 0 Å². The quantitative estimate of drug-likeness (QED) is 0.527. The van der Waals surface area contributed by atoms with Gasteiger partial charge < -0.3 is 4.74 Å². The second-order valence-corrected chi connectivity index (χ2v) is 4.18. The summed E-state index contributed by atoms with van der Waals surface area (Å²) in [6.07, 6.45) is 2.92. The number of carbonyl (C=O) groups excluding carboxylic acids is 1. The van der Waals surface area contributed by atoms with Crippen LogP contribution in [0.1, 0.15) is 26.2 Å². The fourth-order valence-corrected chi connectivity index (χ4v) is 2.23. The molecule has 1 saturated heterocycles. The predicted molar refractivity (Wildman–Crippen MR) is 41.3 cm³/mol. The maximum Gasteiger partial charge on any atom is 0.138 e. The highest BCUT2D eigenvalue weighted by Crippen LogP contribution is 2.43. The third-order valence-electron chi connectivity index (χ3n) is 2.96. The van der Waals surface area contributed by atoms with Crippen molar-refractivity contribution in [2.45, 2.75) is 26.2 Å². The molecule has 0 spiro atoms. The molecule has 1 heterocycles. The van der Waals surface area contributed by atoms with Crippen LogP contribution >= 0.6 is 0 Å². The van der Waals surface area contributed by atoms with E-state index in [0.717, 1.165) is 25.9 Å². The van der Waals surface area contributed by atoms with Gasteiger partial charge in [0, 0.05) is 18.9 Å². The van der Waals surface area contributed by atoms with Gasteiger partial charge in [0.15, 0.2) is 0 Å². The first kappa shape index (κ1) is 7.29. The van der Waals surface area contributed by atoms with Gasteiger partial charge >= 0.3 is 0 Å². The SMILES string of the molecule is CC12CCOCC(C1)C(=O)C2. The van der Waals surface area contributed by atoms with E-state index in [-0.39, 0.29) is 11.3 Å². The highest BCUT2D eigenvalue weighted by atomic mass is 16.5. The van der Waals surface area contributed by atoms with Crippen molar-refractivity contribution in [1.29, 1.82) is 0 Å². The minimum absolute atomic E-state index is 0.225. The van der Waals surface area contributed by atoms with Crippen LogP contribution < -0.4 is 0 Å². The fourth-order valence-electron chi connectivity index (χ4n) is 2.23. The third kappa shape index (κ3) is 1.20. The van der Waals surface area contributed by atoms with E-state index in [1.54, 1.807) is 0 Å². The monoisotopic (exact) mass is 154 g/mol. The largest absolute Gasteiger partial charge is 0.381 e. The van der Waals surface area contributed by atoms with Crippen molar-refractivity contribution in [3.63, 3.8) is 0 Å². The number of fused-ring (bicyclic) bond motifs is 2. The van der Waals surface area contributed by atoms with E-state index in [1.807, 2.05) is 0 Å². The van der Waals surface area contributed by atoms with Crippen LogP contribution in [-0.2, 0) is 9.53 Å². The molecule has 2 bridgehead atoms. The van der Waals surface area contributed by atoms with Crippen molar-refractivity contribution in [2.75, 3.05) is 13.2 Å². The molecule has 0 aromatic heterocycles. The van der Waals surface area contributed by atoms with Gasteiger partial charge in [-0.3, -0.25) is 4.79 Å². The van der Waals surface area contributed by atoms with E-state index >= 15 is 0 Å². The molecular weight excluding hydrogens is 140 g/mol. The minimum Gasteiger partial charge on any atom is -0.381 e. The molecule has 0 amide bonds. The molecule has 11 heavy (non-hydrogen) atoms. The first-order valence-corrected chi connectivity index (χ1v) is 4.30. The Balaban J connectivity index is 2.19. The van der Waals surface area contributed by atoms with E-state index < -0.39 is 0 Å². The lowest BCUT2D eigenvalue weighted by molar-refractivity contribution is -0.123. The van der Waals surface area contributed by atoms with Gasteiger partial charge in [-0.25, -0.2) is 0 Å². The maximum absolute atomic E-state index is 11.3. The molecule has 1 saturated carbocycles. The molecule has 2 heteroatoms. The Morgan fingerprint density at radius 2 is 2.45 bits per heavy atom. The van der Waals surface area contributed by atoms with Crippen LogP contribution in [0.5, 0.6) is 0 Å². The number of ether oxygens (including phenoxy) is 1. The molecule has 0 aromatic carbocycles. The lowest BCUT2D eigenvalue weighted by atomic mass is 9.85. The molecule has 0 N–H and O–H groups in total. The zero-order valence-corrected chi connectivity index (χ0v) is 6.93. The summed E-state index contributed by atoms with van der Waals surface area (Å²) >= 11 is 0. The molecule has 1 aliphatic carbocycles. The molecule has 0 aromatic rings. The summed E-state index contributed by atoms with van der Waals surface area (Å²) in [7, 11) is 0. The van der Waals surface area contributed by atoms with Crippen LogP contribution in [0.2, 0.25) is 0 Å². The summed E-state index contributed by atoms with van der Waals surface area (Å²) in [5.41, 5.74) is 0.276. The molecule has 2 nitrogen and oxygen atoms in total.